The average Bonchev–Trinajstić information content (AvgIpc) is 2.81. The van der Waals surface area contributed by atoms with E-state index in [4.69, 9.17) is 4.42 Å². The topological polar surface area (TPSA) is 30.2 Å². The number of benzene rings is 2. The van der Waals surface area contributed by atoms with Crippen LogP contribution in [-0.2, 0) is 12.8 Å². The minimum Gasteiger partial charge on any atom is -0.460 e. The molecule has 2 nitrogen and oxygen atoms in total. The van der Waals surface area contributed by atoms with Gasteiger partial charge in [0.05, 0.1) is 5.56 Å². The highest BCUT2D eigenvalue weighted by molar-refractivity contribution is 6.12. The molecule has 108 valence electrons. The molecule has 0 spiro atoms. The normalized spacial score (nSPS) is 13.4. The van der Waals surface area contributed by atoms with Gasteiger partial charge in [0.15, 0.2) is 5.78 Å². The molecule has 0 fully saturated rings. The van der Waals surface area contributed by atoms with Crippen molar-refractivity contribution in [3.63, 3.8) is 0 Å². The Morgan fingerprint density at radius 3 is 2.45 bits per heavy atom. The van der Waals surface area contributed by atoms with Crippen LogP contribution in [0.5, 0.6) is 0 Å². The molecule has 0 saturated carbocycles. The van der Waals surface area contributed by atoms with Crippen molar-refractivity contribution < 1.29 is 9.21 Å². The van der Waals surface area contributed by atoms with Gasteiger partial charge in [-0.3, -0.25) is 4.79 Å². The standard InChI is InChI=1S/C20H16O2/c1-13-18-17(20(22-13)15-8-3-2-4-9-15)12-11-14-7-5-6-10-16(14)19(18)21/h2-10H,11-12H2,1H3. The van der Waals surface area contributed by atoms with Gasteiger partial charge in [0.25, 0.3) is 0 Å². The Bertz CT molecular complexity index is 857. The van der Waals surface area contributed by atoms with Gasteiger partial charge < -0.3 is 4.42 Å². The van der Waals surface area contributed by atoms with Crippen LogP contribution in [0, 0.1) is 6.92 Å². The van der Waals surface area contributed by atoms with E-state index >= 15 is 0 Å². The molecule has 0 unspecified atom stereocenters. The Kier molecular flexibility index (Phi) is 2.97. The summed E-state index contributed by atoms with van der Waals surface area (Å²) in [5.41, 5.74) is 4.77. The number of rotatable bonds is 1. The van der Waals surface area contributed by atoms with Crippen molar-refractivity contribution in [3.05, 3.63) is 82.6 Å². The van der Waals surface area contributed by atoms with Gasteiger partial charge in [-0.2, -0.15) is 0 Å². The summed E-state index contributed by atoms with van der Waals surface area (Å²) in [6, 6.07) is 17.9. The highest BCUT2D eigenvalue weighted by atomic mass is 16.3. The van der Waals surface area contributed by atoms with E-state index in [2.05, 4.69) is 0 Å². The molecule has 4 rings (SSSR count). The van der Waals surface area contributed by atoms with Gasteiger partial charge in [-0.05, 0) is 25.3 Å². The number of furan rings is 1. The van der Waals surface area contributed by atoms with Crippen molar-refractivity contribution in [1.29, 1.82) is 0 Å². The molecule has 0 saturated heterocycles. The molecule has 0 aliphatic heterocycles. The lowest BCUT2D eigenvalue weighted by Gasteiger charge is -2.03. The van der Waals surface area contributed by atoms with Crippen molar-refractivity contribution in [2.24, 2.45) is 0 Å². The fraction of sp³-hybridized carbons (Fsp3) is 0.150. The van der Waals surface area contributed by atoms with E-state index in [0.717, 1.165) is 52.2 Å². The minimum atomic E-state index is 0.0894. The zero-order valence-corrected chi connectivity index (χ0v) is 12.4. The van der Waals surface area contributed by atoms with E-state index in [1.54, 1.807) is 0 Å². The zero-order chi connectivity index (χ0) is 15.1. The first-order chi connectivity index (χ1) is 10.8. The third kappa shape index (κ3) is 1.92. The number of carbonyl (C=O) groups excluding carboxylic acids is 1. The number of fused-ring (bicyclic) bond motifs is 2. The fourth-order valence-electron chi connectivity index (χ4n) is 3.30. The Labute approximate surface area is 129 Å². The van der Waals surface area contributed by atoms with E-state index in [9.17, 15) is 4.79 Å². The van der Waals surface area contributed by atoms with Gasteiger partial charge in [0.1, 0.15) is 11.5 Å². The van der Waals surface area contributed by atoms with Crippen LogP contribution in [0.25, 0.3) is 11.3 Å². The molecule has 2 heteroatoms. The molecular weight excluding hydrogens is 272 g/mol. The number of carbonyl (C=O) groups is 1. The van der Waals surface area contributed by atoms with Crippen LogP contribution in [0.2, 0.25) is 0 Å². The summed E-state index contributed by atoms with van der Waals surface area (Å²) < 4.78 is 5.97. The van der Waals surface area contributed by atoms with Gasteiger partial charge >= 0.3 is 0 Å². The lowest BCUT2D eigenvalue weighted by atomic mass is 9.98. The Balaban J connectivity index is 1.93. The lowest BCUT2D eigenvalue weighted by Crippen LogP contribution is -2.04. The smallest absolute Gasteiger partial charge is 0.197 e. The number of hydrogen-bond donors (Lipinski definition) is 0. The summed E-state index contributed by atoms with van der Waals surface area (Å²) in [5.74, 6) is 1.65. The average molecular weight is 288 g/mol. The first-order valence-electron chi connectivity index (χ1n) is 7.56. The largest absolute Gasteiger partial charge is 0.460 e. The Morgan fingerprint density at radius 1 is 0.909 bits per heavy atom. The predicted molar refractivity (Wildman–Crippen MR) is 86.2 cm³/mol. The molecule has 2 aromatic carbocycles. The summed E-state index contributed by atoms with van der Waals surface area (Å²) in [7, 11) is 0. The number of aryl methyl sites for hydroxylation is 2. The second-order valence-corrected chi connectivity index (χ2v) is 5.69. The second-order valence-electron chi connectivity index (χ2n) is 5.69. The van der Waals surface area contributed by atoms with E-state index in [1.807, 2.05) is 61.5 Å². The summed E-state index contributed by atoms with van der Waals surface area (Å²) in [5, 5.41) is 0. The molecule has 1 aromatic heterocycles. The lowest BCUT2D eigenvalue weighted by molar-refractivity contribution is 0.103. The van der Waals surface area contributed by atoms with Crippen molar-refractivity contribution in [2.45, 2.75) is 19.8 Å². The van der Waals surface area contributed by atoms with Crippen LogP contribution >= 0.6 is 0 Å². The maximum absolute atomic E-state index is 12.9. The summed E-state index contributed by atoms with van der Waals surface area (Å²) in [6.07, 6.45) is 1.70. The molecule has 0 atom stereocenters. The van der Waals surface area contributed by atoms with Crippen molar-refractivity contribution in [1.82, 2.24) is 0 Å². The number of hydrogen-bond acceptors (Lipinski definition) is 2. The van der Waals surface area contributed by atoms with Gasteiger partial charge in [-0.1, -0.05) is 54.6 Å². The van der Waals surface area contributed by atoms with E-state index in [1.165, 1.54) is 0 Å². The zero-order valence-electron chi connectivity index (χ0n) is 12.4. The molecule has 1 heterocycles. The van der Waals surface area contributed by atoms with Crippen LogP contribution in [-0.4, -0.2) is 5.78 Å². The SMILES string of the molecule is Cc1oc(-c2ccccc2)c2c1C(=O)c1ccccc1CC2. The van der Waals surface area contributed by atoms with Gasteiger partial charge in [0, 0.05) is 16.7 Å². The summed E-state index contributed by atoms with van der Waals surface area (Å²) in [4.78, 5) is 12.9. The van der Waals surface area contributed by atoms with Crippen molar-refractivity contribution in [2.75, 3.05) is 0 Å². The Morgan fingerprint density at radius 2 is 1.64 bits per heavy atom. The van der Waals surface area contributed by atoms with Gasteiger partial charge in [0.2, 0.25) is 0 Å². The molecule has 0 bridgehead atoms. The van der Waals surface area contributed by atoms with Crippen LogP contribution in [0.4, 0.5) is 0 Å². The predicted octanol–water partition coefficient (Wildman–Crippen LogP) is 4.58. The molecule has 0 radical (unpaired) electrons. The molecule has 22 heavy (non-hydrogen) atoms. The molecule has 1 aliphatic rings. The molecule has 0 N–H and O–H groups in total. The van der Waals surface area contributed by atoms with Crippen LogP contribution in [0.1, 0.15) is 32.8 Å². The first kappa shape index (κ1) is 13.1. The highest BCUT2D eigenvalue weighted by Crippen LogP contribution is 2.36. The van der Waals surface area contributed by atoms with E-state index in [0.29, 0.717) is 0 Å². The van der Waals surface area contributed by atoms with Gasteiger partial charge in [-0.15, -0.1) is 0 Å². The van der Waals surface area contributed by atoms with Gasteiger partial charge in [-0.25, -0.2) is 0 Å². The highest BCUT2D eigenvalue weighted by Gasteiger charge is 2.28. The quantitative estimate of drug-likeness (QED) is 0.656. The third-order valence-corrected chi connectivity index (χ3v) is 4.35. The maximum atomic E-state index is 12.9. The van der Waals surface area contributed by atoms with E-state index in [-0.39, 0.29) is 5.78 Å². The monoisotopic (exact) mass is 288 g/mol. The summed E-state index contributed by atoms with van der Waals surface area (Å²) in [6.45, 7) is 1.89. The minimum absolute atomic E-state index is 0.0894. The number of ketones is 1. The van der Waals surface area contributed by atoms with E-state index < -0.39 is 0 Å². The summed E-state index contributed by atoms with van der Waals surface area (Å²) >= 11 is 0. The Hall–Kier alpha value is -2.61. The molecule has 3 aromatic rings. The van der Waals surface area contributed by atoms with Crippen molar-refractivity contribution in [3.8, 4) is 11.3 Å². The third-order valence-electron chi connectivity index (χ3n) is 4.35. The first-order valence-corrected chi connectivity index (χ1v) is 7.56. The second kappa shape index (κ2) is 4.99. The molecular formula is C20H16O2. The van der Waals surface area contributed by atoms with Crippen LogP contribution in [0.15, 0.2) is 59.0 Å². The molecule has 0 amide bonds. The molecule has 1 aliphatic carbocycles. The maximum Gasteiger partial charge on any atom is 0.197 e. The van der Waals surface area contributed by atoms with Crippen molar-refractivity contribution >= 4 is 5.78 Å². The van der Waals surface area contributed by atoms with Crippen LogP contribution < -0.4 is 0 Å². The van der Waals surface area contributed by atoms with Crippen LogP contribution in [0.3, 0.4) is 0 Å². The fourth-order valence-corrected chi connectivity index (χ4v) is 3.30.